The first-order valence-corrected chi connectivity index (χ1v) is 5.25. The first kappa shape index (κ1) is 11.0. The van der Waals surface area contributed by atoms with Crippen molar-refractivity contribution in [3.8, 4) is 0 Å². The number of hydrogen-bond donors (Lipinski definition) is 1. The van der Waals surface area contributed by atoms with Crippen LogP contribution in [0.15, 0.2) is 18.2 Å². The lowest BCUT2D eigenvalue weighted by molar-refractivity contribution is 0.287. The highest BCUT2D eigenvalue weighted by molar-refractivity contribution is 5.81. The predicted molar refractivity (Wildman–Crippen MR) is 59.6 cm³/mol. The summed E-state index contributed by atoms with van der Waals surface area (Å²) in [5.74, 6) is 0.261. The van der Waals surface area contributed by atoms with Crippen LogP contribution >= 0.6 is 0 Å². The fraction of sp³-hybridized carbons (Fsp3) is 0.333. The number of nitrogens with zero attached hydrogens (tertiary/aromatic N) is 2. The first-order chi connectivity index (χ1) is 7.72. The van der Waals surface area contributed by atoms with Gasteiger partial charge in [0.25, 0.3) is 0 Å². The summed E-state index contributed by atoms with van der Waals surface area (Å²) in [6.07, 6.45) is 1.17. The van der Waals surface area contributed by atoms with Crippen LogP contribution in [0.2, 0.25) is 0 Å². The van der Waals surface area contributed by atoms with E-state index >= 15 is 0 Å². The standard InChI is InChI=1S/C12H13FN2O/c1-8-9-4-2-5-10(13)12(9)15-11(14-8)6-3-7-16/h2,4-5,16H,3,6-7H2,1H3. The fourth-order valence-electron chi connectivity index (χ4n) is 1.68. The Bertz CT molecular complexity index is 514. The summed E-state index contributed by atoms with van der Waals surface area (Å²) < 4.78 is 13.5. The normalized spacial score (nSPS) is 10.9. The lowest BCUT2D eigenvalue weighted by Gasteiger charge is -2.05. The Balaban J connectivity index is 2.52. The van der Waals surface area contributed by atoms with E-state index in [1.807, 2.05) is 13.0 Å². The van der Waals surface area contributed by atoms with Crippen molar-refractivity contribution in [1.29, 1.82) is 0 Å². The number of aliphatic hydroxyl groups excluding tert-OH is 1. The van der Waals surface area contributed by atoms with E-state index in [1.165, 1.54) is 6.07 Å². The number of aliphatic hydroxyl groups is 1. The van der Waals surface area contributed by atoms with Gasteiger partial charge in [-0.15, -0.1) is 0 Å². The van der Waals surface area contributed by atoms with Crippen molar-refractivity contribution < 1.29 is 9.50 Å². The summed E-state index contributed by atoms with van der Waals surface area (Å²) in [5, 5.41) is 9.48. The van der Waals surface area contributed by atoms with Crippen molar-refractivity contribution in [3.05, 3.63) is 35.5 Å². The molecule has 0 fully saturated rings. The van der Waals surface area contributed by atoms with Gasteiger partial charge in [-0.25, -0.2) is 14.4 Å². The molecule has 1 heterocycles. The van der Waals surface area contributed by atoms with Crippen LogP contribution in [-0.2, 0) is 6.42 Å². The maximum absolute atomic E-state index is 13.5. The number of rotatable bonds is 3. The molecule has 2 rings (SSSR count). The zero-order valence-corrected chi connectivity index (χ0v) is 9.07. The molecule has 0 spiro atoms. The average molecular weight is 220 g/mol. The van der Waals surface area contributed by atoms with Crippen LogP contribution in [0.5, 0.6) is 0 Å². The minimum Gasteiger partial charge on any atom is -0.396 e. The summed E-state index contributed by atoms with van der Waals surface area (Å²) in [7, 11) is 0. The SMILES string of the molecule is Cc1nc(CCCO)nc2c(F)cccc12. The molecule has 0 saturated carbocycles. The Morgan fingerprint density at radius 2 is 2.12 bits per heavy atom. The van der Waals surface area contributed by atoms with Gasteiger partial charge in [0.1, 0.15) is 17.2 Å². The number of hydrogen-bond acceptors (Lipinski definition) is 3. The van der Waals surface area contributed by atoms with Gasteiger partial charge >= 0.3 is 0 Å². The van der Waals surface area contributed by atoms with Crippen LogP contribution < -0.4 is 0 Å². The van der Waals surface area contributed by atoms with Gasteiger partial charge in [0.2, 0.25) is 0 Å². The van der Waals surface area contributed by atoms with Gasteiger partial charge in [-0.2, -0.15) is 0 Å². The molecule has 1 aromatic carbocycles. The molecule has 0 saturated heterocycles. The van der Waals surface area contributed by atoms with Crippen LogP contribution in [0.3, 0.4) is 0 Å². The molecule has 0 unspecified atom stereocenters. The maximum Gasteiger partial charge on any atom is 0.149 e. The molecule has 2 aromatic rings. The molecular weight excluding hydrogens is 207 g/mol. The Labute approximate surface area is 93.0 Å². The van der Waals surface area contributed by atoms with Gasteiger partial charge in [-0.1, -0.05) is 12.1 Å². The molecule has 0 atom stereocenters. The van der Waals surface area contributed by atoms with Crippen molar-refractivity contribution in [2.75, 3.05) is 6.61 Å². The lowest BCUT2D eigenvalue weighted by atomic mass is 10.2. The predicted octanol–water partition coefficient (Wildman–Crippen LogP) is 2.00. The minimum absolute atomic E-state index is 0.0950. The Morgan fingerprint density at radius 1 is 1.31 bits per heavy atom. The average Bonchev–Trinajstić information content (AvgIpc) is 2.28. The monoisotopic (exact) mass is 220 g/mol. The minimum atomic E-state index is -0.326. The third-order valence-electron chi connectivity index (χ3n) is 2.47. The maximum atomic E-state index is 13.5. The van der Waals surface area contributed by atoms with Crippen molar-refractivity contribution >= 4 is 10.9 Å². The molecule has 0 aliphatic carbocycles. The van der Waals surface area contributed by atoms with E-state index in [4.69, 9.17) is 5.11 Å². The molecule has 0 aliphatic heterocycles. The molecule has 84 valence electrons. The molecule has 1 N–H and O–H groups in total. The van der Waals surface area contributed by atoms with Crippen LogP contribution in [0.1, 0.15) is 17.9 Å². The molecule has 4 heteroatoms. The quantitative estimate of drug-likeness (QED) is 0.860. The Hall–Kier alpha value is -1.55. The summed E-state index contributed by atoms with van der Waals surface area (Å²) in [5.41, 5.74) is 1.14. The fourth-order valence-corrected chi connectivity index (χ4v) is 1.68. The van der Waals surface area contributed by atoms with Crippen molar-refractivity contribution in [2.45, 2.75) is 19.8 Å². The summed E-state index contributed by atoms with van der Waals surface area (Å²) >= 11 is 0. The number of halogens is 1. The van der Waals surface area contributed by atoms with Crippen molar-refractivity contribution in [2.24, 2.45) is 0 Å². The summed E-state index contributed by atoms with van der Waals surface area (Å²) in [6.45, 7) is 1.93. The molecule has 0 radical (unpaired) electrons. The van der Waals surface area contributed by atoms with E-state index in [1.54, 1.807) is 6.07 Å². The summed E-state index contributed by atoms with van der Waals surface area (Å²) in [4.78, 5) is 8.47. The summed E-state index contributed by atoms with van der Waals surface area (Å²) in [6, 6.07) is 4.86. The van der Waals surface area contributed by atoms with E-state index in [0.29, 0.717) is 24.2 Å². The lowest BCUT2D eigenvalue weighted by Crippen LogP contribution is -2.01. The molecule has 0 bridgehead atoms. The van der Waals surface area contributed by atoms with E-state index < -0.39 is 0 Å². The number of benzene rings is 1. The zero-order chi connectivity index (χ0) is 11.5. The van der Waals surface area contributed by atoms with Crippen LogP contribution in [0.4, 0.5) is 4.39 Å². The molecule has 16 heavy (non-hydrogen) atoms. The molecule has 1 aromatic heterocycles. The van der Waals surface area contributed by atoms with Gasteiger partial charge in [-0.05, 0) is 19.4 Å². The Kier molecular flexibility index (Phi) is 3.10. The van der Waals surface area contributed by atoms with E-state index in [9.17, 15) is 4.39 Å². The van der Waals surface area contributed by atoms with E-state index in [0.717, 1.165) is 11.1 Å². The third kappa shape index (κ3) is 2.02. The Morgan fingerprint density at radius 3 is 2.88 bits per heavy atom. The second-order valence-electron chi connectivity index (χ2n) is 3.69. The second-order valence-corrected chi connectivity index (χ2v) is 3.69. The highest BCUT2D eigenvalue weighted by Gasteiger charge is 2.07. The number of para-hydroxylation sites is 1. The smallest absolute Gasteiger partial charge is 0.149 e. The highest BCUT2D eigenvalue weighted by atomic mass is 19.1. The van der Waals surface area contributed by atoms with Gasteiger partial charge < -0.3 is 5.11 Å². The van der Waals surface area contributed by atoms with Crippen molar-refractivity contribution in [3.63, 3.8) is 0 Å². The zero-order valence-electron chi connectivity index (χ0n) is 9.07. The molecule has 3 nitrogen and oxygen atoms in total. The third-order valence-corrected chi connectivity index (χ3v) is 2.47. The van der Waals surface area contributed by atoms with Crippen LogP contribution in [-0.4, -0.2) is 21.7 Å². The highest BCUT2D eigenvalue weighted by Crippen LogP contribution is 2.18. The van der Waals surface area contributed by atoms with Gasteiger partial charge in [0.05, 0.1) is 0 Å². The van der Waals surface area contributed by atoms with E-state index in [-0.39, 0.29) is 12.4 Å². The number of aromatic nitrogens is 2. The first-order valence-electron chi connectivity index (χ1n) is 5.25. The van der Waals surface area contributed by atoms with E-state index in [2.05, 4.69) is 9.97 Å². The number of fused-ring (bicyclic) bond motifs is 1. The van der Waals surface area contributed by atoms with Crippen LogP contribution in [0, 0.1) is 12.7 Å². The second kappa shape index (κ2) is 4.53. The molecule has 0 amide bonds. The van der Waals surface area contributed by atoms with Crippen LogP contribution in [0.25, 0.3) is 10.9 Å². The largest absolute Gasteiger partial charge is 0.396 e. The van der Waals surface area contributed by atoms with Gasteiger partial charge in [0, 0.05) is 24.1 Å². The van der Waals surface area contributed by atoms with Gasteiger partial charge in [-0.3, -0.25) is 0 Å². The van der Waals surface area contributed by atoms with Gasteiger partial charge in [0.15, 0.2) is 0 Å². The van der Waals surface area contributed by atoms with Crippen molar-refractivity contribution in [1.82, 2.24) is 9.97 Å². The topological polar surface area (TPSA) is 46.0 Å². The molecular formula is C12H13FN2O. The molecule has 0 aliphatic rings. The number of aryl methyl sites for hydroxylation is 2.